The van der Waals surface area contributed by atoms with Gasteiger partial charge in [-0.15, -0.1) is 0 Å². The molecule has 72 valence electrons. The molecule has 0 spiro atoms. The van der Waals surface area contributed by atoms with Crippen LogP contribution in [0, 0.1) is 17.1 Å². The van der Waals surface area contributed by atoms with Crippen molar-refractivity contribution in [3.63, 3.8) is 0 Å². The molecular weight excluding hydrogens is 179 g/mol. The first-order valence-corrected chi connectivity index (χ1v) is 4.22. The van der Waals surface area contributed by atoms with Gasteiger partial charge in [-0.05, 0) is 31.6 Å². The van der Waals surface area contributed by atoms with Gasteiger partial charge in [0.05, 0.1) is 5.56 Å². The predicted molar refractivity (Wildman–Crippen MR) is 54.9 cm³/mol. The summed E-state index contributed by atoms with van der Waals surface area (Å²) < 4.78 is 13.1. The van der Waals surface area contributed by atoms with Crippen LogP contribution < -0.4 is 5.73 Å². The Morgan fingerprint density at radius 2 is 2.21 bits per heavy atom. The normalized spacial score (nSPS) is 11.1. The number of nitriles is 1. The Hall–Kier alpha value is -1.82. The Kier molecular flexibility index (Phi) is 2.88. The second kappa shape index (κ2) is 3.93. The fourth-order valence-corrected chi connectivity index (χ4v) is 1.17. The van der Waals surface area contributed by atoms with Gasteiger partial charge < -0.3 is 5.73 Å². The van der Waals surface area contributed by atoms with E-state index in [9.17, 15) is 4.39 Å². The van der Waals surface area contributed by atoms with Gasteiger partial charge in [-0.3, -0.25) is 0 Å². The Bertz CT molecular complexity index is 428. The van der Waals surface area contributed by atoms with Crippen molar-refractivity contribution in [3.05, 3.63) is 35.2 Å². The molecule has 0 aliphatic carbocycles. The van der Waals surface area contributed by atoms with E-state index in [0.29, 0.717) is 11.3 Å². The van der Waals surface area contributed by atoms with E-state index in [0.717, 1.165) is 5.57 Å². The third kappa shape index (κ3) is 1.74. The molecule has 0 saturated carbocycles. The lowest BCUT2D eigenvalue weighted by atomic mass is 10.0. The van der Waals surface area contributed by atoms with Crippen LogP contribution in [0.5, 0.6) is 0 Å². The number of benzene rings is 1. The lowest BCUT2D eigenvalue weighted by Crippen LogP contribution is -1.96. The Morgan fingerprint density at radius 3 is 2.71 bits per heavy atom. The van der Waals surface area contributed by atoms with Crippen LogP contribution >= 0.6 is 0 Å². The molecule has 0 saturated heterocycles. The minimum absolute atomic E-state index is 0.0235. The number of anilines is 1. The molecule has 2 N–H and O–H groups in total. The Labute approximate surface area is 82.5 Å². The van der Waals surface area contributed by atoms with Gasteiger partial charge in [0.2, 0.25) is 0 Å². The molecule has 0 amide bonds. The van der Waals surface area contributed by atoms with Crippen molar-refractivity contribution in [2.75, 3.05) is 5.73 Å². The first-order chi connectivity index (χ1) is 6.60. The van der Waals surface area contributed by atoms with E-state index in [1.165, 1.54) is 12.1 Å². The highest BCUT2D eigenvalue weighted by Gasteiger charge is 2.07. The van der Waals surface area contributed by atoms with Crippen LogP contribution in [-0.2, 0) is 0 Å². The van der Waals surface area contributed by atoms with Crippen molar-refractivity contribution < 1.29 is 4.39 Å². The molecular formula is C11H11FN2. The zero-order valence-electron chi connectivity index (χ0n) is 8.13. The van der Waals surface area contributed by atoms with E-state index in [1.54, 1.807) is 6.07 Å². The van der Waals surface area contributed by atoms with Crippen LogP contribution in [0.25, 0.3) is 5.57 Å². The summed E-state index contributed by atoms with van der Waals surface area (Å²) >= 11 is 0. The molecule has 1 aromatic carbocycles. The van der Waals surface area contributed by atoms with Crippen LogP contribution in [0.1, 0.15) is 25.0 Å². The van der Waals surface area contributed by atoms with E-state index in [2.05, 4.69) is 0 Å². The summed E-state index contributed by atoms with van der Waals surface area (Å²) in [5, 5.41) is 8.64. The molecule has 0 heterocycles. The molecule has 2 nitrogen and oxygen atoms in total. The lowest BCUT2D eigenvalue weighted by Gasteiger charge is -2.06. The zero-order valence-corrected chi connectivity index (χ0v) is 8.13. The highest BCUT2D eigenvalue weighted by Crippen LogP contribution is 2.24. The van der Waals surface area contributed by atoms with Crippen molar-refractivity contribution in [1.29, 1.82) is 5.26 Å². The summed E-state index contributed by atoms with van der Waals surface area (Å²) in [6, 6.07) is 4.44. The lowest BCUT2D eigenvalue weighted by molar-refractivity contribution is 0.624. The third-order valence-corrected chi connectivity index (χ3v) is 2.12. The Balaban J connectivity index is 3.41. The number of rotatable bonds is 1. The number of nitrogens with zero attached hydrogens (tertiary/aromatic N) is 1. The minimum Gasteiger partial charge on any atom is -0.398 e. The van der Waals surface area contributed by atoms with Crippen molar-refractivity contribution in [2.45, 2.75) is 13.8 Å². The minimum atomic E-state index is -0.572. The predicted octanol–water partition coefficient (Wildman–Crippen LogP) is 2.70. The molecule has 0 fully saturated rings. The smallest absolute Gasteiger partial charge is 0.143 e. The van der Waals surface area contributed by atoms with Crippen LogP contribution in [0.15, 0.2) is 18.2 Å². The van der Waals surface area contributed by atoms with Gasteiger partial charge in [-0.1, -0.05) is 6.08 Å². The average Bonchev–Trinajstić information content (AvgIpc) is 2.17. The number of hydrogen-bond donors (Lipinski definition) is 1. The standard InChI is InChI=1S/C11H11FN2/c1-3-7(2)9-4-8(6-13)10(12)5-11(9)14/h3-5H,14H2,1-2H3. The molecule has 0 radical (unpaired) electrons. The van der Waals surface area contributed by atoms with E-state index < -0.39 is 5.82 Å². The SMILES string of the molecule is CC=C(C)c1cc(C#N)c(F)cc1N. The van der Waals surface area contributed by atoms with Crippen molar-refractivity contribution >= 4 is 11.3 Å². The van der Waals surface area contributed by atoms with E-state index in [-0.39, 0.29) is 5.56 Å². The largest absolute Gasteiger partial charge is 0.398 e. The van der Waals surface area contributed by atoms with E-state index in [1.807, 2.05) is 19.9 Å². The number of halogens is 1. The molecule has 3 heteroatoms. The summed E-state index contributed by atoms with van der Waals surface area (Å²) in [6.07, 6.45) is 1.87. The van der Waals surface area contributed by atoms with Gasteiger partial charge in [-0.25, -0.2) is 4.39 Å². The Morgan fingerprint density at radius 1 is 1.57 bits per heavy atom. The first-order valence-electron chi connectivity index (χ1n) is 4.22. The van der Waals surface area contributed by atoms with Gasteiger partial charge in [-0.2, -0.15) is 5.26 Å². The zero-order chi connectivity index (χ0) is 10.7. The summed E-state index contributed by atoms with van der Waals surface area (Å²) in [4.78, 5) is 0. The molecule has 0 unspecified atom stereocenters. The highest BCUT2D eigenvalue weighted by molar-refractivity contribution is 5.74. The fraction of sp³-hybridized carbons (Fsp3) is 0.182. The molecule has 0 atom stereocenters. The monoisotopic (exact) mass is 190 g/mol. The first kappa shape index (κ1) is 10.3. The quantitative estimate of drug-likeness (QED) is 0.692. The van der Waals surface area contributed by atoms with Crippen LogP contribution in [-0.4, -0.2) is 0 Å². The van der Waals surface area contributed by atoms with Crippen molar-refractivity contribution in [3.8, 4) is 6.07 Å². The molecule has 0 aliphatic rings. The topological polar surface area (TPSA) is 49.8 Å². The molecule has 0 aliphatic heterocycles. The second-order valence-electron chi connectivity index (χ2n) is 3.00. The van der Waals surface area contributed by atoms with Crippen LogP contribution in [0.2, 0.25) is 0 Å². The average molecular weight is 190 g/mol. The van der Waals surface area contributed by atoms with E-state index in [4.69, 9.17) is 11.0 Å². The van der Waals surface area contributed by atoms with Gasteiger partial charge in [0, 0.05) is 11.3 Å². The summed E-state index contributed by atoms with van der Waals surface area (Å²) in [5.74, 6) is -0.572. The molecule has 14 heavy (non-hydrogen) atoms. The fourth-order valence-electron chi connectivity index (χ4n) is 1.17. The number of hydrogen-bond acceptors (Lipinski definition) is 2. The van der Waals surface area contributed by atoms with Gasteiger partial charge in [0.1, 0.15) is 11.9 Å². The third-order valence-electron chi connectivity index (χ3n) is 2.12. The molecule has 1 aromatic rings. The molecule has 0 bridgehead atoms. The number of allylic oxidation sites excluding steroid dienone is 2. The van der Waals surface area contributed by atoms with Gasteiger partial charge in [0.25, 0.3) is 0 Å². The highest BCUT2D eigenvalue weighted by atomic mass is 19.1. The molecule has 1 rings (SSSR count). The number of nitrogen functional groups attached to an aromatic ring is 1. The van der Waals surface area contributed by atoms with Gasteiger partial charge in [0.15, 0.2) is 0 Å². The molecule has 0 aromatic heterocycles. The number of nitrogens with two attached hydrogens (primary N) is 1. The van der Waals surface area contributed by atoms with Crippen molar-refractivity contribution in [2.24, 2.45) is 0 Å². The maximum absolute atomic E-state index is 13.1. The van der Waals surface area contributed by atoms with Crippen molar-refractivity contribution in [1.82, 2.24) is 0 Å². The van der Waals surface area contributed by atoms with Gasteiger partial charge >= 0.3 is 0 Å². The van der Waals surface area contributed by atoms with Crippen LogP contribution in [0.3, 0.4) is 0 Å². The summed E-state index contributed by atoms with van der Waals surface area (Å²) in [6.45, 7) is 3.73. The summed E-state index contributed by atoms with van der Waals surface area (Å²) in [7, 11) is 0. The maximum atomic E-state index is 13.1. The van der Waals surface area contributed by atoms with E-state index >= 15 is 0 Å². The second-order valence-corrected chi connectivity index (χ2v) is 3.00. The maximum Gasteiger partial charge on any atom is 0.143 e. The van der Waals surface area contributed by atoms with Crippen LogP contribution in [0.4, 0.5) is 10.1 Å². The summed E-state index contributed by atoms with van der Waals surface area (Å²) in [5.41, 5.74) is 7.66.